The van der Waals surface area contributed by atoms with Crippen LogP contribution in [-0.4, -0.2) is 66.0 Å². The molecule has 0 rings (SSSR count). The summed E-state index contributed by atoms with van der Waals surface area (Å²) in [5.41, 5.74) is -1.32. The third-order valence-electron chi connectivity index (χ3n) is 2.82. The predicted molar refractivity (Wildman–Crippen MR) is 70.8 cm³/mol. The number of carboxylic acid groups (broad SMARTS) is 1. The number of nitrogens with zero attached hydrogens (tertiary/aromatic N) is 2. The average Bonchev–Trinajstić information content (AvgIpc) is 2.28. The molecule has 19 heavy (non-hydrogen) atoms. The molecule has 0 saturated carbocycles. The number of carbonyl (C=O) groups excluding carboxylic acids is 2. The lowest BCUT2D eigenvalue weighted by atomic mass is 9.96. The molecular formula is C12H23N3O4. The molecule has 0 radical (unpaired) electrons. The van der Waals surface area contributed by atoms with Gasteiger partial charge in [-0.05, 0) is 13.3 Å². The fourth-order valence-electron chi connectivity index (χ4n) is 1.47. The summed E-state index contributed by atoms with van der Waals surface area (Å²) in [6, 6.07) is -0.575. The van der Waals surface area contributed by atoms with Gasteiger partial charge in [-0.1, -0.05) is 13.3 Å². The molecule has 0 spiro atoms. The van der Waals surface area contributed by atoms with Crippen molar-refractivity contribution in [1.29, 1.82) is 0 Å². The number of carboxylic acids is 1. The molecular weight excluding hydrogens is 250 g/mol. The maximum Gasteiger partial charge on any atom is 0.329 e. The Morgan fingerprint density at radius 1 is 1.21 bits per heavy atom. The van der Waals surface area contributed by atoms with Crippen molar-refractivity contribution in [2.75, 3.05) is 27.7 Å². The highest BCUT2D eigenvalue weighted by molar-refractivity contribution is 5.88. The minimum Gasteiger partial charge on any atom is -0.480 e. The van der Waals surface area contributed by atoms with Crippen molar-refractivity contribution in [2.45, 2.75) is 32.2 Å². The number of likely N-dealkylation sites (N-methyl/N-ethyl adjacent to an activating group) is 2. The van der Waals surface area contributed by atoms with Gasteiger partial charge < -0.3 is 20.2 Å². The van der Waals surface area contributed by atoms with E-state index in [4.69, 9.17) is 5.11 Å². The molecule has 0 saturated heterocycles. The number of amides is 3. The standard InChI is InChI=1S/C12H23N3O4/c1-6-7-12(2,10(17)18)13-11(19)15(5)8-9(16)14(3)4/h6-8H2,1-5H3,(H,13,19)(H,17,18). The van der Waals surface area contributed by atoms with E-state index in [2.05, 4.69) is 5.32 Å². The lowest BCUT2D eigenvalue weighted by molar-refractivity contribution is -0.144. The minimum absolute atomic E-state index is 0.0966. The van der Waals surface area contributed by atoms with Crippen LogP contribution >= 0.6 is 0 Å². The average molecular weight is 273 g/mol. The Bertz CT molecular complexity index is 357. The monoisotopic (exact) mass is 273 g/mol. The Morgan fingerprint density at radius 3 is 2.11 bits per heavy atom. The molecule has 7 heteroatoms. The van der Waals surface area contributed by atoms with Crippen LogP contribution in [-0.2, 0) is 9.59 Å². The largest absolute Gasteiger partial charge is 0.480 e. The summed E-state index contributed by atoms with van der Waals surface area (Å²) in [5.74, 6) is -1.32. The van der Waals surface area contributed by atoms with Crippen LogP contribution in [0.3, 0.4) is 0 Å². The number of carbonyl (C=O) groups is 3. The summed E-state index contributed by atoms with van der Waals surface area (Å²) in [5, 5.41) is 11.6. The molecule has 0 aliphatic carbocycles. The van der Waals surface area contributed by atoms with Gasteiger partial charge in [0, 0.05) is 21.1 Å². The van der Waals surface area contributed by atoms with E-state index in [-0.39, 0.29) is 12.5 Å². The van der Waals surface area contributed by atoms with Gasteiger partial charge in [0.15, 0.2) is 0 Å². The van der Waals surface area contributed by atoms with Gasteiger partial charge in [-0.15, -0.1) is 0 Å². The van der Waals surface area contributed by atoms with Crippen LogP contribution in [0.5, 0.6) is 0 Å². The van der Waals surface area contributed by atoms with Crippen molar-refractivity contribution in [2.24, 2.45) is 0 Å². The Labute approximate surface area is 113 Å². The fraction of sp³-hybridized carbons (Fsp3) is 0.750. The van der Waals surface area contributed by atoms with Crippen LogP contribution in [0.1, 0.15) is 26.7 Å². The first kappa shape index (κ1) is 17.2. The van der Waals surface area contributed by atoms with Crippen molar-refractivity contribution < 1.29 is 19.5 Å². The normalized spacial score (nSPS) is 13.3. The lowest BCUT2D eigenvalue weighted by Crippen LogP contribution is -2.56. The molecule has 0 aromatic rings. The lowest BCUT2D eigenvalue weighted by Gasteiger charge is -2.29. The zero-order valence-electron chi connectivity index (χ0n) is 12.2. The number of rotatable bonds is 6. The number of nitrogens with one attached hydrogen (secondary N) is 1. The maximum atomic E-state index is 11.9. The first-order valence-electron chi connectivity index (χ1n) is 6.11. The first-order valence-corrected chi connectivity index (χ1v) is 6.11. The molecule has 0 heterocycles. The van der Waals surface area contributed by atoms with E-state index in [1.165, 1.54) is 23.8 Å². The van der Waals surface area contributed by atoms with Gasteiger partial charge in [-0.2, -0.15) is 0 Å². The maximum absolute atomic E-state index is 11.9. The quantitative estimate of drug-likeness (QED) is 0.731. The highest BCUT2D eigenvalue weighted by atomic mass is 16.4. The molecule has 7 nitrogen and oxygen atoms in total. The van der Waals surface area contributed by atoms with E-state index >= 15 is 0 Å². The molecule has 0 fully saturated rings. The molecule has 1 unspecified atom stereocenters. The summed E-state index contributed by atoms with van der Waals surface area (Å²) in [4.78, 5) is 37.1. The predicted octanol–water partition coefficient (Wildman–Crippen LogP) is 0.359. The Hall–Kier alpha value is -1.79. The molecule has 2 N–H and O–H groups in total. The van der Waals surface area contributed by atoms with E-state index in [0.29, 0.717) is 12.8 Å². The summed E-state index contributed by atoms with van der Waals surface area (Å²) < 4.78 is 0. The van der Waals surface area contributed by atoms with Crippen molar-refractivity contribution in [3.05, 3.63) is 0 Å². The van der Waals surface area contributed by atoms with Gasteiger partial charge >= 0.3 is 12.0 Å². The van der Waals surface area contributed by atoms with Crippen LogP contribution in [0.15, 0.2) is 0 Å². The topological polar surface area (TPSA) is 90.0 Å². The van der Waals surface area contributed by atoms with E-state index in [1.807, 2.05) is 6.92 Å². The Balaban J connectivity index is 4.65. The van der Waals surface area contributed by atoms with Gasteiger partial charge in [0.25, 0.3) is 0 Å². The fourth-order valence-corrected chi connectivity index (χ4v) is 1.47. The molecule has 0 aliphatic heterocycles. The number of hydrogen-bond donors (Lipinski definition) is 2. The summed E-state index contributed by atoms with van der Waals surface area (Å²) >= 11 is 0. The smallest absolute Gasteiger partial charge is 0.329 e. The molecule has 0 aliphatic rings. The van der Waals surface area contributed by atoms with Gasteiger partial charge in [-0.3, -0.25) is 4.79 Å². The molecule has 0 aromatic heterocycles. The van der Waals surface area contributed by atoms with Crippen molar-refractivity contribution in [1.82, 2.24) is 15.1 Å². The number of urea groups is 1. The van der Waals surface area contributed by atoms with Crippen molar-refractivity contribution >= 4 is 17.9 Å². The molecule has 3 amide bonds. The Morgan fingerprint density at radius 2 is 1.74 bits per heavy atom. The highest BCUT2D eigenvalue weighted by Gasteiger charge is 2.34. The second-order valence-corrected chi connectivity index (χ2v) is 4.96. The van der Waals surface area contributed by atoms with E-state index < -0.39 is 17.5 Å². The van der Waals surface area contributed by atoms with Gasteiger partial charge in [0.2, 0.25) is 5.91 Å². The Kier molecular flexibility index (Phi) is 6.31. The number of hydrogen-bond acceptors (Lipinski definition) is 3. The van der Waals surface area contributed by atoms with Crippen molar-refractivity contribution in [3.8, 4) is 0 Å². The second kappa shape index (κ2) is 6.96. The van der Waals surface area contributed by atoms with Crippen LogP contribution in [0.2, 0.25) is 0 Å². The van der Waals surface area contributed by atoms with Gasteiger partial charge in [0.1, 0.15) is 12.1 Å². The van der Waals surface area contributed by atoms with Crippen LogP contribution < -0.4 is 5.32 Å². The summed E-state index contributed by atoms with van der Waals surface area (Å²) in [7, 11) is 4.63. The van der Waals surface area contributed by atoms with Crippen molar-refractivity contribution in [3.63, 3.8) is 0 Å². The molecule has 110 valence electrons. The first-order chi connectivity index (χ1) is 8.64. The highest BCUT2D eigenvalue weighted by Crippen LogP contribution is 2.13. The van der Waals surface area contributed by atoms with Gasteiger partial charge in [-0.25, -0.2) is 9.59 Å². The molecule has 1 atom stereocenters. The van der Waals surface area contributed by atoms with E-state index in [1.54, 1.807) is 14.1 Å². The van der Waals surface area contributed by atoms with Gasteiger partial charge in [0.05, 0.1) is 0 Å². The second-order valence-electron chi connectivity index (χ2n) is 4.96. The molecule has 0 aromatic carbocycles. The minimum atomic E-state index is -1.32. The zero-order valence-corrected chi connectivity index (χ0v) is 12.2. The SMILES string of the molecule is CCCC(C)(NC(=O)N(C)CC(=O)N(C)C)C(=O)O. The van der Waals surface area contributed by atoms with Crippen LogP contribution in [0.25, 0.3) is 0 Å². The van der Waals surface area contributed by atoms with E-state index in [0.717, 1.165) is 0 Å². The third kappa shape index (κ3) is 5.15. The van der Waals surface area contributed by atoms with Crippen LogP contribution in [0.4, 0.5) is 4.79 Å². The third-order valence-corrected chi connectivity index (χ3v) is 2.82. The summed E-state index contributed by atoms with van der Waals surface area (Å²) in [6.07, 6.45) is 0.951. The van der Waals surface area contributed by atoms with Crippen LogP contribution in [0, 0.1) is 0 Å². The zero-order chi connectivity index (χ0) is 15.2. The molecule has 0 bridgehead atoms. The van der Waals surface area contributed by atoms with E-state index in [9.17, 15) is 14.4 Å². The summed E-state index contributed by atoms with van der Waals surface area (Å²) in [6.45, 7) is 3.20. The number of aliphatic carboxylic acids is 1.